The Morgan fingerprint density at radius 1 is 1.12 bits per heavy atom. The monoisotopic (exact) mass is 436 g/mol. The molecule has 0 radical (unpaired) electrons. The molecule has 162 valence electrons. The summed E-state index contributed by atoms with van der Waals surface area (Å²) in [4.78, 5) is 19.7. The Morgan fingerprint density at radius 2 is 1.91 bits per heavy atom. The fourth-order valence-electron chi connectivity index (χ4n) is 4.21. The van der Waals surface area contributed by atoms with Gasteiger partial charge in [0.05, 0.1) is 11.9 Å². The van der Waals surface area contributed by atoms with Crippen LogP contribution in [0.2, 0.25) is 0 Å². The van der Waals surface area contributed by atoms with Gasteiger partial charge in [-0.1, -0.05) is 30.3 Å². The first-order valence-corrected chi connectivity index (χ1v) is 10.3. The van der Waals surface area contributed by atoms with Gasteiger partial charge in [-0.25, -0.2) is 22.7 Å². The highest BCUT2D eigenvalue weighted by atomic mass is 19.3. The van der Waals surface area contributed by atoms with Crippen molar-refractivity contribution in [2.24, 2.45) is 0 Å². The predicted octanol–water partition coefficient (Wildman–Crippen LogP) is 5.45. The summed E-state index contributed by atoms with van der Waals surface area (Å²) in [5, 5.41) is 4.05. The number of carbonyl (C=O) groups excluding carboxylic acids is 1. The number of fused-ring (bicyclic) bond motifs is 2. The molecule has 0 unspecified atom stereocenters. The number of benzene rings is 2. The lowest BCUT2D eigenvalue weighted by atomic mass is 9.96. The van der Waals surface area contributed by atoms with Crippen LogP contribution in [0.25, 0.3) is 16.9 Å². The van der Waals surface area contributed by atoms with E-state index in [1.54, 1.807) is 35.2 Å². The molecule has 4 aromatic rings. The van der Waals surface area contributed by atoms with Crippen molar-refractivity contribution in [1.29, 1.82) is 0 Å². The molecule has 2 aromatic heterocycles. The molecule has 1 aliphatic heterocycles. The van der Waals surface area contributed by atoms with Crippen LogP contribution in [0.3, 0.4) is 0 Å². The molecule has 0 spiro atoms. The Hall–Kier alpha value is -3.68. The smallest absolute Gasteiger partial charge is 0.280 e. The summed E-state index contributed by atoms with van der Waals surface area (Å²) in [7, 11) is 0. The van der Waals surface area contributed by atoms with Crippen molar-refractivity contribution in [2.75, 3.05) is 4.90 Å². The summed E-state index contributed by atoms with van der Waals surface area (Å²) in [5.74, 6) is -0.768. The molecule has 5 nitrogen and oxygen atoms in total. The highest BCUT2D eigenvalue weighted by molar-refractivity contribution is 6.10. The second-order valence-electron chi connectivity index (χ2n) is 7.86. The van der Waals surface area contributed by atoms with Crippen LogP contribution in [0.4, 0.5) is 18.9 Å². The van der Waals surface area contributed by atoms with E-state index >= 15 is 0 Å². The zero-order chi connectivity index (χ0) is 22.4. The Balaban J connectivity index is 1.67. The fourth-order valence-corrected chi connectivity index (χ4v) is 4.21. The number of alkyl halides is 2. The van der Waals surface area contributed by atoms with Gasteiger partial charge in [-0.3, -0.25) is 4.79 Å². The first-order valence-electron chi connectivity index (χ1n) is 10.3. The van der Waals surface area contributed by atoms with Crippen LogP contribution in [-0.2, 0) is 6.42 Å². The molecule has 2 aromatic carbocycles. The normalized spacial score (nSPS) is 15.9. The van der Waals surface area contributed by atoms with Crippen molar-refractivity contribution in [3.8, 4) is 11.3 Å². The number of hydrogen-bond acceptors (Lipinski definition) is 3. The summed E-state index contributed by atoms with van der Waals surface area (Å²) in [5.41, 5.74) is 2.17. The van der Waals surface area contributed by atoms with Crippen LogP contribution in [0.1, 0.15) is 41.4 Å². The largest absolute Gasteiger partial charge is 0.305 e. The molecule has 8 heteroatoms. The van der Waals surface area contributed by atoms with Gasteiger partial charge in [-0.2, -0.15) is 5.10 Å². The van der Waals surface area contributed by atoms with Crippen molar-refractivity contribution >= 4 is 17.2 Å². The van der Waals surface area contributed by atoms with Crippen LogP contribution in [-0.4, -0.2) is 26.5 Å². The predicted molar refractivity (Wildman–Crippen MR) is 114 cm³/mol. The van der Waals surface area contributed by atoms with Crippen molar-refractivity contribution < 1.29 is 18.0 Å². The standard InChI is InChI=1S/C24H19F3N4O/c1-14-7-8-16-11-17(25)9-10-20(16)30(14)24(32)18-13-28-31-21(22(26)27)12-19(29-23(18)31)15-5-3-2-4-6-15/h2-6,9-14,22H,7-8H2,1H3/t14-/m0/s1. The minimum atomic E-state index is -2.80. The van der Waals surface area contributed by atoms with E-state index in [4.69, 9.17) is 0 Å². The molecular weight excluding hydrogens is 417 g/mol. The van der Waals surface area contributed by atoms with Crippen molar-refractivity contribution in [1.82, 2.24) is 14.6 Å². The first-order chi connectivity index (χ1) is 15.4. The second-order valence-corrected chi connectivity index (χ2v) is 7.86. The number of carbonyl (C=O) groups is 1. The molecular formula is C24H19F3N4O. The SMILES string of the molecule is C[C@H]1CCc2cc(F)ccc2N1C(=O)c1cnn2c(C(F)F)cc(-c3ccccc3)nc12. The number of hydrogen-bond donors (Lipinski definition) is 0. The van der Waals surface area contributed by atoms with Gasteiger partial charge in [0.2, 0.25) is 0 Å². The first kappa shape index (κ1) is 20.2. The van der Waals surface area contributed by atoms with Gasteiger partial charge in [-0.15, -0.1) is 0 Å². The van der Waals surface area contributed by atoms with Crippen LogP contribution in [0.15, 0.2) is 60.8 Å². The average molecular weight is 436 g/mol. The number of nitrogens with zero attached hydrogens (tertiary/aromatic N) is 4. The van der Waals surface area contributed by atoms with Gasteiger partial charge >= 0.3 is 0 Å². The van der Waals surface area contributed by atoms with Gasteiger partial charge in [-0.05, 0) is 49.6 Å². The zero-order valence-corrected chi connectivity index (χ0v) is 17.2. The van der Waals surface area contributed by atoms with Crippen molar-refractivity contribution in [2.45, 2.75) is 32.2 Å². The van der Waals surface area contributed by atoms with Gasteiger partial charge in [0, 0.05) is 17.3 Å². The van der Waals surface area contributed by atoms with Crippen LogP contribution in [0, 0.1) is 5.82 Å². The highest BCUT2D eigenvalue weighted by Gasteiger charge is 2.32. The lowest BCUT2D eigenvalue weighted by Gasteiger charge is -2.35. The van der Waals surface area contributed by atoms with E-state index < -0.39 is 12.3 Å². The lowest BCUT2D eigenvalue weighted by Crippen LogP contribution is -2.42. The molecule has 0 bridgehead atoms. The zero-order valence-electron chi connectivity index (χ0n) is 17.2. The maximum atomic E-state index is 13.8. The maximum absolute atomic E-state index is 13.8. The molecule has 3 heterocycles. The summed E-state index contributed by atoms with van der Waals surface area (Å²) in [6, 6.07) is 14.4. The van der Waals surface area contributed by atoms with E-state index in [1.165, 1.54) is 24.4 Å². The lowest BCUT2D eigenvalue weighted by molar-refractivity contribution is 0.0976. The topological polar surface area (TPSA) is 50.5 Å². The van der Waals surface area contributed by atoms with Crippen LogP contribution in [0.5, 0.6) is 0 Å². The molecule has 1 amide bonds. The summed E-state index contributed by atoms with van der Waals surface area (Å²) >= 11 is 0. The van der Waals surface area contributed by atoms with Crippen molar-refractivity contribution in [3.05, 3.63) is 83.4 Å². The number of anilines is 1. The van der Waals surface area contributed by atoms with E-state index in [1.807, 2.05) is 13.0 Å². The Kier molecular flexibility index (Phi) is 4.92. The van der Waals surface area contributed by atoms with Gasteiger partial charge < -0.3 is 4.90 Å². The molecule has 0 saturated heterocycles. The van der Waals surface area contributed by atoms with E-state index in [0.717, 1.165) is 10.1 Å². The molecule has 0 fully saturated rings. The molecule has 5 rings (SSSR count). The Morgan fingerprint density at radius 3 is 2.66 bits per heavy atom. The highest BCUT2D eigenvalue weighted by Crippen LogP contribution is 2.34. The van der Waals surface area contributed by atoms with E-state index in [9.17, 15) is 18.0 Å². The minimum Gasteiger partial charge on any atom is -0.305 e. The summed E-state index contributed by atoms with van der Waals surface area (Å²) < 4.78 is 42.4. The minimum absolute atomic E-state index is 0.0630. The second kappa shape index (κ2) is 7.78. The van der Waals surface area contributed by atoms with Crippen molar-refractivity contribution in [3.63, 3.8) is 0 Å². The number of halogens is 3. The molecule has 1 aliphatic rings. The number of amides is 1. The third-order valence-electron chi connectivity index (χ3n) is 5.81. The van der Waals surface area contributed by atoms with E-state index in [-0.39, 0.29) is 28.8 Å². The van der Waals surface area contributed by atoms with Crippen LogP contribution < -0.4 is 4.90 Å². The van der Waals surface area contributed by atoms with Crippen LogP contribution >= 0.6 is 0 Å². The van der Waals surface area contributed by atoms with E-state index in [2.05, 4.69) is 10.1 Å². The third-order valence-corrected chi connectivity index (χ3v) is 5.81. The van der Waals surface area contributed by atoms with E-state index in [0.29, 0.717) is 29.8 Å². The Bertz CT molecular complexity index is 1320. The molecule has 0 saturated carbocycles. The molecule has 0 N–H and O–H groups in total. The molecule has 1 atom stereocenters. The average Bonchev–Trinajstić information content (AvgIpc) is 3.22. The van der Waals surface area contributed by atoms with Gasteiger partial charge in [0.15, 0.2) is 5.65 Å². The molecule has 32 heavy (non-hydrogen) atoms. The third kappa shape index (κ3) is 3.32. The fraction of sp³-hybridized carbons (Fsp3) is 0.208. The van der Waals surface area contributed by atoms with Gasteiger partial charge in [0.1, 0.15) is 17.1 Å². The summed E-state index contributed by atoms with van der Waals surface area (Å²) in [6.45, 7) is 1.91. The number of aromatic nitrogens is 3. The maximum Gasteiger partial charge on any atom is 0.280 e. The molecule has 0 aliphatic carbocycles. The number of aryl methyl sites for hydroxylation is 1. The Labute approximate surface area is 182 Å². The quantitative estimate of drug-likeness (QED) is 0.429. The van der Waals surface area contributed by atoms with Gasteiger partial charge in [0.25, 0.3) is 12.3 Å². The summed E-state index contributed by atoms with van der Waals surface area (Å²) in [6.07, 6.45) is -0.218. The number of rotatable bonds is 3.